The zero-order valence-corrected chi connectivity index (χ0v) is 13.1. The number of hydrogen-bond acceptors (Lipinski definition) is 3. The summed E-state index contributed by atoms with van der Waals surface area (Å²) in [5.74, 6) is 0.344. The van der Waals surface area contributed by atoms with Crippen molar-refractivity contribution in [1.29, 1.82) is 0 Å². The van der Waals surface area contributed by atoms with Crippen LogP contribution in [0.1, 0.15) is 25.8 Å². The van der Waals surface area contributed by atoms with Gasteiger partial charge in [-0.1, -0.05) is 26.0 Å². The molecule has 0 aliphatic rings. The lowest BCUT2D eigenvalue weighted by atomic mass is 10.1. The second kappa shape index (κ2) is 7.75. The monoisotopic (exact) mass is 301 g/mol. The molecule has 1 amide bonds. The van der Waals surface area contributed by atoms with Gasteiger partial charge < -0.3 is 10.4 Å². The van der Waals surface area contributed by atoms with Crippen molar-refractivity contribution < 1.29 is 9.90 Å². The molecule has 5 nitrogen and oxygen atoms in total. The number of carbonyl (C=O) groups is 1. The van der Waals surface area contributed by atoms with Crippen LogP contribution in [0.25, 0.3) is 5.69 Å². The molecule has 2 N–H and O–H groups in total. The van der Waals surface area contributed by atoms with E-state index in [-0.39, 0.29) is 5.91 Å². The van der Waals surface area contributed by atoms with E-state index in [0.29, 0.717) is 25.3 Å². The highest BCUT2D eigenvalue weighted by molar-refractivity contribution is 5.78. The maximum Gasteiger partial charge on any atom is 0.224 e. The molecule has 1 aromatic heterocycles. The first-order chi connectivity index (χ1) is 10.5. The summed E-state index contributed by atoms with van der Waals surface area (Å²) in [6.45, 7) is 4.40. The number of nitrogens with one attached hydrogen (secondary N) is 1. The molecule has 5 heteroatoms. The Labute approximate surface area is 131 Å². The Balaban J connectivity index is 1.82. The van der Waals surface area contributed by atoms with Gasteiger partial charge in [0.25, 0.3) is 0 Å². The average Bonchev–Trinajstić information content (AvgIpc) is 2.99. The summed E-state index contributed by atoms with van der Waals surface area (Å²) in [5, 5.41) is 16.7. The van der Waals surface area contributed by atoms with Crippen LogP contribution in [-0.2, 0) is 11.2 Å². The highest BCUT2D eigenvalue weighted by Gasteiger charge is 2.09. The quantitative estimate of drug-likeness (QED) is 0.821. The molecule has 0 fully saturated rings. The van der Waals surface area contributed by atoms with Crippen molar-refractivity contribution in [1.82, 2.24) is 15.1 Å². The number of amides is 1. The van der Waals surface area contributed by atoms with E-state index < -0.39 is 6.10 Å². The minimum atomic E-state index is -0.480. The van der Waals surface area contributed by atoms with Crippen molar-refractivity contribution >= 4 is 5.91 Å². The van der Waals surface area contributed by atoms with Gasteiger partial charge in [0, 0.05) is 18.9 Å². The summed E-state index contributed by atoms with van der Waals surface area (Å²) in [7, 11) is 0. The summed E-state index contributed by atoms with van der Waals surface area (Å²) in [5.41, 5.74) is 1.90. The molecule has 0 saturated heterocycles. The van der Waals surface area contributed by atoms with Crippen LogP contribution in [0.3, 0.4) is 0 Å². The predicted molar refractivity (Wildman–Crippen MR) is 85.7 cm³/mol. The van der Waals surface area contributed by atoms with Gasteiger partial charge in [-0.15, -0.1) is 0 Å². The topological polar surface area (TPSA) is 67.2 Å². The van der Waals surface area contributed by atoms with Crippen molar-refractivity contribution in [3.05, 3.63) is 48.3 Å². The number of hydrogen-bond donors (Lipinski definition) is 2. The van der Waals surface area contributed by atoms with E-state index in [1.165, 1.54) is 0 Å². The van der Waals surface area contributed by atoms with Gasteiger partial charge in [-0.2, -0.15) is 5.10 Å². The van der Waals surface area contributed by atoms with Crippen LogP contribution in [0, 0.1) is 5.92 Å². The number of aromatic nitrogens is 2. The maximum absolute atomic E-state index is 11.9. The Hall–Kier alpha value is -2.14. The molecule has 22 heavy (non-hydrogen) atoms. The van der Waals surface area contributed by atoms with Crippen LogP contribution in [0.2, 0.25) is 0 Å². The van der Waals surface area contributed by atoms with Crippen LogP contribution in [0.4, 0.5) is 0 Å². The highest BCUT2D eigenvalue weighted by Crippen LogP contribution is 2.09. The summed E-state index contributed by atoms with van der Waals surface area (Å²) in [6, 6.07) is 9.57. The lowest BCUT2D eigenvalue weighted by molar-refractivity contribution is -0.120. The molecule has 0 saturated carbocycles. The number of aliphatic hydroxyl groups excluding tert-OH is 1. The first-order valence-corrected chi connectivity index (χ1v) is 7.58. The van der Waals surface area contributed by atoms with Gasteiger partial charge >= 0.3 is 0 Å². The van der Waals surface area contributed by atoms with Gasteiger partial charge in [-0.05, 0) is 36.1 Å². The second-order valence-electron chi connectivity index (χ2n) is 5.88. The zero-order chi connectivity index (χ0) is 15.9. The van der Waals surface area contributed by atoms with Crippen LogP contribution in [0.5, 0.6) is 0 Å². The Morgan fingerprint density at radius 2 is 2.05 bits per heavy atom. The number of rotatable bonds is 7. The minimum absolute atomic E-state index is 0.0744. The third-order valence-corrected chi connectivity index (χ3v) is 3.35. The fourth-order valence-corrected chi connectivity index (χ4v) is 2.30. The first kappa shape index (κ1) is 16.2. The molecule has 1 heterocycles. The van der Waals surface area contributed by atoms with Crippen molar-refractivity contribution in [2.24, 2.45) is 5.92 Å². The Kier molecular flexibility index (Phi) is 5.72. The molecule has 118 valence electrons. The summed E-state index contributed by atoms with van der Waals surface area (Å²) in [6.07, 6.45) is 4.13. The van der Waals surface area contributed by atoms with E-state index in [9.17, 15) is 9.90 Å². The standard InChI is InChI=1S/C17H23N3O2/c1-13(2)10-16(21)12-18-17(22)11-14-4-6-15(7-5-14)20-9-3-8-19-20/h3-9,13,16,21H,10-12H2,1-2H3,(H,18,22). The molecule has 0 aliphatic carbocycles. The normalized spacial score (nSPS) is 12.4. The molecule has 1 unspecified atom stereocenters. The van der Waals surface area contributed by atoms with Crippen LogP contribution < -0.4 is 5.32 Å². The van der Waals surface area contributed by atoms with Crippen LogP contribution in [-0.4, -0.2) is 33.4 Å². The van der Waals surface area contributed by atoms with E-state index in [0.717, 1.165) is 11.3 Å². The van der Waals surface area contributed by atoms with Crippen LogP contribution in [0.15, 0.2) is 42.7 Å². The zero-order valence-electron chi connectivity index (χ0n) is 13.1. The third kappa shape index (κ3) is 5.00. The predicted octanol–water partition coefficient (Wildman–Crippen LogP) is 1.94. The lowest BCUT2D eigenvalue weighted by Crippen LogP contribution is -2.33. The van der Waals surface area contributed by atoms with Crippen molar-refractivity contribution in [3.63, 3.8) is 0 Å². The van der Waals surface area contributed by atoms with E-state index in [1.807, 2.05) is 50.4 Å². The van der Waals surface area contributed by atoms with Crippen molar-refractivity contribution in [3.8, 4) is 5.69 Å². The van der Waals surface area contributed by atoms with Gasteiger partial charge in [0.1, 0.15) is 0 Å². The highest BCUT2D eigenvalue weighted by atomic mass is 16.3. The van der Waals surface area contributed by atoms with Gasteiger partial charge in [0.05, 0.1) is 18.2 Å². The average molecular weight is 301 g/mol. The fourth-order valence-electron chi connectivity index (χ4n) is 2.30. The largest absolute Gasteiger partial charge is 0.391 e. The molecule has 0 radical (unpaired) electrons. The van der Waals surface area contributed by atoms with Crippen LogP contribution >= 0.6 is 0 Å². The van der Waals surface area contributed by atoms with E-state index in [2.05, 4.69) is 10.4 Å². The van der Waals surface area contributed by atoms with E-state index in [1.54, 1.807) is 10.9 Å². The molecular weight excluding hydrogens is 278 g/mol. The second-order valence-corrected chi connectivity index (χ2v) is 5.88. The molecule has 1 atom stereocenters. The van der Waals surface area contributed by atoms with Gasteiger partial charge in [-0.3, -0.25) is 4.79 Å². The van der Waals surface area contributed by atoms with E-state index in [4.69, 9.17) is 0 Å². The smallest absolute Gasteiger partial charge is 0.224 e. The maximum atomic E-state index is 11.9. The molecule has 2 aromatic rings. The molecule has 0 aliphatic heterocycles. The van der Waals surface area contributed by atoms with Gasteiger partial charge in [0.2, 0.25) is 5.91 Å². The summed E-state index contributed by atoms with van der Waals surface area (Å²) >= 11 is 0. The SMILES string of the molecule is CC(C)CC(O)CNC(=O)Cc1ccc(-n2cccn2)cc1. The minimum Gasteiger partial charge on any atom is -0.391 e. The fraction of sp³-hybridized carbons (Fsp3) is 0.412. The molecular formula is C17H23N3O2. The molecule has 0 bridgehead atoms. The number of aliphatic hydroxyl groups is 1. The van der Waals surface area contributed by atoms with Gasteiger partial charge in [0.15, 0.2) is 0 Å². The van der Waals surface area contributed by atoms with Crippen molar-refractivity contribution in [2.75, 3.05) is 6.54 Å². The first-order valence-electron chi connectivity index (χ1n) is 7.58. The summed E-state index contributed by atoms with van der Waals surface area (Å²) in [4.78, 5) is 11.9. The molecule has 2 rings (SSSR count). The number of nitrogens with zero attached hydrogens (tertiary/aromatic N) is 2. The lowest BCUT2D eigenvalue weighted by Gasteiger charge is -2.14. The van der Waals surface area contributed by atoms with Gasteiger partial charge in [-0.25, -0.2) is 4.68 Å². The Morgan fingerprint density at radius 1 is 1.32 bits per heavy atom. The molecule has 1 aromatic carbocycles. The Morgan fingerprint density at radius 3 is 2.64 bits per heavy atom. The Bertz CT molecular complexity index is 576. The number of benzene rings is 1. The van der Waals surface area contributed by atoms with E-state index >= 15 is 0 Å². The summed E-state index contributed by atoms with van der Waals surface area (Å²) < 4.78 is 1.77. The number of carbonyl (C=O) groups excluding carboxylic acids is 1. The van der Waals surface area contributed by atoms with Crippen molar-refractivity contribution in [2.45, 2.75) is 32.8 Å². The molecule has 0 spiro atoms. The third-order valence-electron chi connectivity index (χ3n) is 3.35.